The van der Waals surface area contributed by atoms with Crippen molar-refractivity contribution in [1.82, 2.24) is 10.6 Å². The fraction of sp³-hybridized carbons (Fsp3) is 0.600. The molecule has 1 amide bonds. The highest BCUT2D eigenvalue weighted by molar-refractivity contribution is 7.80. The third-order valence-corrected chi connectivity index (χ3v) is 4.72. The first-order valence-corrected chi connectivity index (χ1v) is 9.80. The minimum atomic E-state index is -0.216. The van der Waals surface area contributed by atoms with Crippen molar-refractivity contribution in [3.8, 4) is 5.75 Å². The number of hydrogen-bond acceptors (Lipinski definition) is 3. The van der Waals surface area contributed by atoms with Crippen molar-refractivity contribution >= 4 is 23.2 Å². The maximum atomic E-state index is 12.6. The molecule has 5 heteroatoms. The summed E-state index contributed by atoms with van der Waals surface area (Å²) in [6.07, 6.45) is 8.21. The third-order valence-electron chi connectivity index (χ3n) is 4.50. The highest BCUT2D eigenvalue weighted by Gasteiger charge is 2.17. The van der Waals surface area contributed by atoms with E-state index in [0.717, 1.165) is 19.3 Å². The molecule has 0 unspecified atom stereocenters. The quantitative estimate of drug-likeness (QED) is 0.580. The summed E-state index contributed by atoms with van der Waals surface area (Å²) in [4.78, 5) is 12.6. The summed E-state index contributed by atoms with van der Waals surface area (Å²) in [5.74, 6) is 0.960. The van der Waals surface area contributed by atoms with Crippen molar-refractivity contribution < 1.29 is 9.53 Å². The summed E-state index contributed by atoms with van der Waals surface area (Å²) in [5.41, 5.74) is 0.524. The summed E-state index contributed by atoms with van der Waals surface area (Å²) in [5, 5.41) is 6.51. The number of para-hydroxylation sites is 1. The van der Waals surface area contributed by atoms with E-state index in [1.807, 2.05) is 18.2 Å². The molecule has 0 spiro atoms. The number of amides is 1. The van der Waals surface area contributed by atoms with Crippen molar-refractivity contribution in [2.24, 2.45) is 5.92 Å². The number of carbonyl (C=O) groups excluding carboxylic acids is 1. The molecular weight excluding hydrogens is 332 g/mol. The van der Waals surface area contributed by atoms with Crippen LogP contribution in [0.4, 0.5) is 0 Å². The SMILES string of the molecule is CC(C)CCOc1ccccc1C(=O)NC(=S)NC1CCCCCC1. The average molecular weight is 363 g/mol. The van der Waals surface area contributed by atoms with Crippen molar-refractivity contribution in [3.05, 3.63) is 29.8 Å². The van der Waals surface area contributed by atoms with E-state index >= 15 is 0 Å². The fourth-order valence-corrected chi connectivity index (χ4v) is 3.26. The second kappa shape index (κ2) is 10.4. The minimum absolute atomic E-state index is 0.216. The number of thiocarbonyl (C=S) groups is 1. The molecule has 0 aromatic heterocycles. The van der Waals surface area contributed by atoms with Gasteiger partial charge < -0.3 is 10.1 Å². The number of ether oxygens (including phenoxy) is 1. The lowest BCUT2D eigenvalue weighted by atomic mass is 10.1. The highest BCUT2D eigenvalue weighted by atomic mass is 32.1. The molecule has 0 radical (unpaired) electrons. The lowest BCUT2D eigenvalue weighted by Gasteiger charge is -2.19. The zero-order chi connectivity index (χ0) is 18.1. The van der Waals surface area contributed by atoms with Crippen LogP contribution in [0.1, 0.15) is 69.2 Å². The Morgan fingerprint density at radius 3 is 2.56 bits per heavy atom. The lowest BCUT2D eigenvalue weighted by Crippen LogP contribution is -2.44. The predicted octanol–water partition coefficient (Wildman–Crippen LogP) is 4.44. The topological polar surface area (TPSA) is 50.4 Å². The third kappa shape index (κ3) is 7.02. The summed E-state index contributed by atoms with van der Waals surface area (Å²) in [6, 6.07) is 7.69. The number of nitrogens with one attached hydrogen (secondary N) is 2. The molecule has 4 nitrogen and oxygen atoms in total. The van der Waals surface area contributed by atoms with E-state index in [2.05, 4.69) is 24.5 Å². The number of rotatable bonds is 6. The van der Waals surface area contributed by atoms with E-state index in [0.29, 0.717) is 35.0 Å². The summed E-state index contributed by atoms with van der Waals surface area (Å²) < 4.78 is 5.79. The number of hydrogen-bond donors (Lipinski definition) is 2. The average Bonchev–Trinajstić information content (AvgIpc) is 2.83. The van der Waals surface area contributed by atoms with Gasteiger partial charge in [0.15, 0.2) is 5.11 Å². The van der Waals surface area contributed by atoms with Gasteiger partial charge in [0.1, 0.15) is 5.75 Å². The van der Waals surface area contributed by atoms with Crippen LogP contribution in [-0.4, -0.2) is 23.7 Å². The van der Waals surface area contributed by atoms with Gasteiger partial charge in [0.05, 0.1) is 12.2 Å². The number of benzene rings is 1. The molecule has 25 heavy (non-hydrogen) atoms. The van der Waals surface area contributed by atoms with Gasteiger partial charge in [-0.15, -0.1) is 0 Å². The van der Waals surface area contributed by atoms with Crippen LogP contribution in [0.3, 0.4) is 0 Å². The number of carbonyl (C=O) groups is 1. The Kier molecular flexibility index (Phi) is 8.19. The molecule has 1 aromatic rings. The zero-order valence-corrected chi connectivity index (χ0v) is 16.2. The van der Waals surface area contributed by atoms with Gasteiger partial charge in [-0.05, 0) is 49.5 Å². The molecule has 0 atom stereocenters. The van der Waals surface area contributed by atoms with Crippen LogP contribution in [0.5, 0.6) is 5.75 Å². The van der Waals surface area contributed by atoms with Crippen LogP contribution < -0.4 is 15.4 Å². The zero-order valence-electron chi connectivity index (χ0n) is 15.3. The van der Waals surface area contributed by atoms with Crippen molar-refractivity contribution in [3.63, 3.8) is 0 Å². The molecule has 1 saturated carbocycles. The lowest BCUT2D eigenvalue weighted by molar-refractivity contribution is 0.0972. The monoisotopic (exact) mass is 362 g/mol. The first-order chi connectivity index (χ1) is 12.1. The summed E-state index contributed by atoms with van der Waals surface area (Å²) in [7, 11) is 0. The molecule has 0 heterocycles. The van der Waals surface area contributed by atoms with Gasteiger partial charge >= 0.3 is 0 Å². The normalized spacial score (nSPS) is 15.5. The molecule has 1 aromatic carbocycles. The van der Waals surface area contributed by atoms with Crippen molar-refractivity contribution in [2.45, 2.75) is 64.8 Å². The predicted molar refractivity (Wildman–Crippen MR) is 106 cm³/mol. The maximum absolute atomic E-state index is 12.6. The van der Waals surface area contributed by atoms with E-state index in [4.69, 9.17) is 17.0 Å². The van der Waals surface area contributed by atoms with Crippen LogP contribution >= 0.6 is 12.2 Å². The fourth-order valence-electron chi connectivity index (χ4n) is 3.00. The Morgan fingerprint density at radius 2 is 1.88 bits per heavy atom. The standard InChI is InChI=1S/C20H30N2O2S/c1-15(2)13-14-24-18-12-8-7-11-17(18)19(23)22-20(25)21-16-9-5-3-4-6-10-16/h7-8,11-12,15-16H,3-6,9-10,13-14H2,1-2H3,(H2,21,22,23,25). The molecule has 0 aliphatic heterocycles. The molecular formula is C20H30N2O2S. The van der Waals surface area contributed by atoms with Gasteiger partial charge in [0, 0.05) is 6.04 Å². The van der Waals surface area contributed by atoms with Gasteiger partial charge in [-0.1, -0.05) is 51.7 Å². The Bertz CT molecular complexity index is 567. The molecule has 1 aliphatic carbocycles. The first kappa shape index (κ1) is 19.7. The Hall–Kier alpha value is -1.62. The Labute approximate surface area is 156 Å². The van der Waals surface area contributed by atoms with E-state index in [1.54, 1.807) is 6.07 Å². The molecule has 2 rings (SSSR count). The largest absolute Gasteiger partial charge is 0.493 e. The van der Waals surface area contributed by atoms with Gasteiger partial charge in [0.25, 0.3) is 5.91 Å². The molecule has 0 saturated heterocycles. The highest BCUT2D eigenvalue weighted by Crippen LogP contribution is 2.19. The first-order valence-electron chi connectivity index (χ1n) is 9.40. The summed E-state index contributed by atoms with van der Waals surface area (Å²) >= 11 is 5.34. The van der Waals surface area contributed by atoms with Gasteiger partial charge in [-0.25, -0.2) is 0 Å². The second-order valence-corrected chi connectivity index (χ2v) is 7.55. The smallest absolute Gasteiger partial charge is 0.261 e. The van der Waals surface area contributed by atoms with Crippen LogP contribution in [0.15, 0.2) is 24.3 Å². The molecule has 138 valence electrons. The molecule has 2 N–H and O–H groups in total. The van der Waals surface area contributed by atoms with E-state index in [9.17, 15) is 4.79 Å². The van der Waals surface area contributed by atoms with Crippen molar-refractivity contribution in [2.75, 3.05) is 6.61 Å². The minimum Gasteiger partial charge on any atom is -0.493 e. The van der Waals surface area contributed by atoms with Crippen molar-refractivity contribution in [1.29, 1.82) is 0 Å². The molecule has 1 aliphatic rings. The van der Waals surface area contributed by atoms with Gasteiger partial charge in [0.2, 0.25) is 0 Å². The molecule has 0 bridgehead atoms. The van der Waals surface area contributed by atoms with E-state index in [-0.39, 0.29) is 5.91 Å². The van der Waals surface area contributed by atoms with E-state index in [1.165, 1.54) is 25.7 Å². The Balaban J connectivity index is 1.89. The Morgan fingerprint density at radius 1 is 1.20 bits per heavy atom. The maximum Gasteiger partial charge on any atom is 0.261 e. The van der Waals surface area contributed by atoms with Crippen LogP contribution in [-0.2, 0) is 0 Å². The molecule has 1 fully saturated rings. The second-order valence-electron chi connectivity index (χ2n) is 7.14. The van der Waals surface area contributed by atoms with Crippen LogP contribution in [0, 0.1) is 5.92 Å². The van der Waals surface area contributed by atoms with Crippen LogP contribution in [0.25, 0.3) is 0 Å². The van der Waals surface area contributed by atoms with Gasteiger partial charge in [-0.2, -0.15) is 0 Å². The van der Waals surface area contributed by atoms with Gasteiger partial charge in [-0.3, -0.25) is 10.1 Å². The van der Waals surface area contributed by atoms with Crippen LogP contribution in [0.2, 0.25) is 0 Å². The summed E-state index contributed by atoms with van der Waals surface area (Å²) in [6.45, 7) is 4.91. The van der Waals surface area contributed by atoms with E-state index < -0.39 is 0 Å².